The van der Waals surface area contributed by atoms with E-state index in [1.165, 1.54) is 7.11 Å². The van der Waals surface area contributed by atoms with Crippen LogP contribution in [-0.4, -0.2) is 40.8 Å². The summed E-state index contributed by atoms with van der Waals surface area (Å²) in [4.78, 5) is 23.4. The van der Waals surface area contributed by atoms with Gasteiger partial charge in [0.25, 0.3) is 0 Å². The van der Waals surface area contributed by atoms with Crippen LogP contribution in [-0.2, 0) is 14.3 Å². The standard InChI is InChI=1S/C24H38O5/c1-3-4-15-24(28,18-13-14-18)16-9-11-20-19(21(25)17-22(20)26)10-7-5-6-8-12-23(27)29-2/h5,7,9,11,18-20,22,26,28H,3-4,6,8,10,12-17H2,1-2H3/b7-5-,11-9+/t19-,20-,22-,24?/m1/s1. The number of carbonyl (C=O) groups excluding carboxylic acids is 2. The van der Waals surface area contributed by atoms with Crippen molar-refractivity contribution in [1.29, 1.82) is 0 Å². The molecule has 0 aliphatic heterocycles. The zero-order valence-electron chi connectivity index (χ0n) is 18.0. The zero-order chi connectivity index (χ0) is 21.3. The van der Waals surface area contributed by atoms with Crippen molar-refractivity contribution in [3.63, 3.8) is 0 Å². The van der Waals surface area contributed by atoms with Crippen molar-refractivity contribution in [2.24, 2.45) is 17.8 Å². The Morgan fingerprint density at radius 1 is 1.24 bits per heavy atom. The van der Waals surface area contributed by atoms with Gasteiger partial charge in [0, 0.05) is 24.7 Å². The summed E-state index contributed by atoms with van der Waals surface area (Å²) in [5.41, 5.74) is -0.630. The first kappa shape index (κ1) is 23.8. The Morgan fingerprint density at radius 3 is 2.66 bits per heavy atom. The number of methoxy groups -OCH3 is 1. The van der Waals surface area contributed by atoms with E-state index in [0.717, 1.165) is 44.9 Å². The number of allylic oxidation sites excluding steroid dienone is 2. The van der Waals surface area contributed by atoms with Crippen LogP contribution in [0.2, 0.25) is 0 Å². The van der Waals surface area contributed by atoms with Crippen LogP contribution in [0.15, 0.2) is 24.3 Å². The normalized spacial score (nSPS) is 27.0. The van der Waals surface area contributed by atoms with Crippen LogP contribution in [0.4, 0.5) is 0 Å². The fourth-order valence-corrected chi connectivity index (χ4v) is 4.36. The first-order chi connectivity index (χ1) is 13.9. The molecule has 164 valence electrons. The van der Waals surface area contributed by atoms with Crippen LogP contribution >= 0.6 is 0 Å². The molecule has 4 atom stereocenters. The Labute approximate surface area is 175 Å². The minimum absolute atomic E-state index is 0.106. The topological polar surface area (TPSA) is 83.8 Å². The van der Waals surface area contributed by atoms with Gasteiger partial charge in [-0.2, -0.15) is 0 Å². The fraction of sp³-hybridized carbons (Fsp3) is 0.750. The van der Waals surface area contributed by atoms with Crippen molar-refractivity contribution in [1.82, 2.24) is 0 Å². The van der Waals surface area contributed by atoms with E-state index in [1.807, 2.05) is 24.3 Å². The molecule has 2 N–H and O–H groups in total. The lowest BCUT2D eigenvalue weighted by Crippen LogP contribution is -2.30. The number of ketones is 1. The van der Waals surface area contributed by atoms with E-state index in [-0.39, 0.29) is 30.0 Å². The highest BCUT2D eigenvalue weighted by molar-refractivity contribution is 5.84. The third-order valence-electron chi connectivity index (χ3n) is 6.40. The van der Waals surface area contributed by atoms with Gasteiger partial charge in [0.05, 0.1) is 18.8 Å². The number of carbonyl (C=O) groups is 2. The summed E-state index contributed by atoms with van der Waals surface area (Å²) in [5, 5.41) is 21.3. The SMILES string of the molecule is CCCCC(O)(C/C=C/[C@H]1[C@H](O)CC(=O)[C@@H]1C/C=C\CCCC(=O)OC)C1CC1. The second-order valence-corrected chi connectivity index (χ2v) is 8.71. The van der Waals surface area contributed by atoms with Crippen molar-refractivity contribution in [2.75, 3.05) is 7.11 Å². The van der Waals surface area contributed by atoms with Gasteiger partial charge in [0.1, 0.15) is 5.78 Å². The molecule has 2 fully saturated rings. The fourth-order valence-electron chi connectivity index (χ4n) is 4.36. The lowest BCUT2D eigenvalue weighted by atomic mass is 9.86. The first-order valence-electron chi connectivity index (χ1n) is 11.2. The second-order valence-electron chi connectivity index (χ2n) is 8.71. The molecule has 0 aromatic carbocycles. The zero-order valence-corrected chi connectivity index (χ0v) is 18.0. The van der Waals surface area contributed by atoms with Crippen LogP contribution in [0.3, 0.4) is 0 Å². The Hall–Kier alpha value is -1.46. The molecule has 0 radical (unpaired) electrons. The Balaban J connectivity index is 1.85. The van der Waals surface area contributed by atoms with Crippen LogP contribution in [0.1, 0.15) is 77.6 Å². The second kappa shape index (κ2) is 11.7. The van der Waals surface area contributed by atoms with Gasteiger partial charge in [-0.1, -0.05) is 44.1 Å². The third kappa shape index (κ3) is 7.38. The molecule has 0 bridgehead atoms. The molecule has 5 nitrogen and oxygen atoms in total. The quantitative estimate of drug-likeness (QED) is 0.273. The van der Waals surface area contributed by atoms with E-state index >= 15 is 0 Å². The summed E-state index contributed by atoms with van der Waals surface area (Å²) in [7, 11) is 1.39. The van der Waals surface area contributed by atoms with Crippen molar-refractivity contribution < 1.29 is 24.5 Å². The van der Waals surface area contributed by atoms with Crippen LogP contribution in [0, 0.1) is 17.8 Å². The first-order valence-corrected chi connectivity index (χ1v) is 11.2. The van der Waals surface area contributed by atoms with Gasteiger partial charge in [-0.05, 0) is 50.9 Å². The van der Waals surface area contributed by atoms with E-state index < -0.39 is 11.7 Å². The van der Waals surface area contributed by atoms with Gasteiger partial charge in [-0.3, -0.25) is 9.59 Å². The Bertz CT molecular complexity index is 592. The molecule has 5 heteroatoms. The summed E-state index contributed by atoms with van der Waals surface area (Å²) in [6.45, 7) is 2.14. The molecular weight excluding hydrogens is 368 g/mol. The van der Waals surface area contributed by atoms with Crippen molar-refractivity contribution in [2.45, 2.75) is 89.3 Å². The lowest BCUT2D eigenvalue weighted by molar-refractivity contribution is -0.140. The van der Waals surface area contributed by atoms with E-state index in [4.69, 9.17) is 0 Å². The van der Waals surface area contributed by atoms with E-state index in [0.29, 0.717) is 25.2 Å². The van der Waals surface area contributed by atoms with Crippen LogP contribution < -0.4 is 0 Å². The predicted molar refractivity (Wildman–Crippen MR) is 113 cm³/mol. The van der Waals surface area contributed by atoms with E-state index in [2.05, 4.69) is 11.7 Å². The van der Waals surface area contributed by atoms with E-state index in [1.54, 1.807) is 0 Å². The number of unbranched alkanes of at least 4 members (excludes halogenated alkanes) is 2. The van der Waals surface area contributed by atoms with Crippen molar-refractivity contribution >= 4 is 11.8 Å². The van der Waals surface area contributed by atoms with Crippen molar-refractivity contribution in [3.05, 3.63) is 24.3 Å². The van der Waals surface area contributed by atoms with Crippen LogP contribution in [0.5, 0.6) is 0 Å². The number of ether oxygens (including phenoxy) is 1. The summed E-state index contributed by atoms with van der Waals surface area (Å²) >= 11 is 0. The molecule has 0 aromatic heterocycles. The van der Waals surface area contributed by atoms with Crippen LogP contribution in [0.25, 0.3) is 0 Å². The molecule has 0 saturated heterocycles. The highest BCUT2D eigenvalue weighted by Crippen LogP contribution is 2.44. The van der Waals surface area contributed by atoms with Crippen molar-refractivity contribution in [3.8, 4) is 0 Å². The Morgan fingerprint density at radius 2 is 2.00 bits per heavy atom. The van der Waals surface area contributed by atoms with Gasteiger partial charge in [-0.15, -0.1) is 0 Å². The summed E-state index contributed by atoms with van der Waals surface area (Å²) < 4.78 is 4.62. The maximum atomic E-state index is 12.3. The molecule has 2 aliphatic carbocycles. The molecule has 2 saturated carbocycles. The molecule has 2 rings (SSSR count). The number of hydrogen-bond acceptors (Lipinski definition) is 5. The summed E-state index contributed by atoms with van der Waals surface area (Å²) in [6.07, 6.45) is 15.7. The average Bonchev–Trinajstić information content (AvgIpc) is 3.51. The minimum atomic E-state index is -0.638. The molecular formula is C24H38O5. The largest absolute Gasteiger partial charge is 0.469 e. The number of Topliss-reactive ketones (excluding diaryl/α,β-unsaturated/α-hetero) is 1. The third-order valence-corrected chi connectivity index (χ3v) is 6.40. The highest BCUT2D eigenvalue weighted by atomic mass is 16.5. The summed E-state index contributed by atoms with van der Waals surface area (Å²) in [6, 6.07) is 0. The minimum Gasteiger partial charge on any atom is -0.469 e. The van der Waals surface area contributed by atoms with Gasteiger partial charge in [-0.25, -0.2) is 0 Å². The number of hydrogen-bond donors (Lipinski definition) is 2. The monoisotopic (exact) mass is 406 g/mol. The van der Waals surface area contributed by atoms with E-state index in [9.17, 15) is 19.8 Å². The molecule has 1 unspecified atom stereocenters. The molecule has 29 heavy (non-hydrogen) atoms. The number of esters is 1. The Kier molecular flexibility index (Phi) is 9.57. The molecule has 0 aromatic rings. The van der Waals surface area contributed by atoms with Gasteiger partial charge in [0.15, 0.2) is 0 Å². The summed E-state index contributed by atoms with van der Waals surface area (Å²) in [5.74, 6) is -0.0882. The number of aliphatic hydroxyl groups excluding tert-OH is 1. The lowest BCUT2D eigenvalue weighted by Gasteiger charge is -2.27. The average molecular weight is 407 g/mol. The van der Waals surface area contributed by atoms with Gasteiger partial charge < -0.3 is 14.9 Å². The predicted octanol–water partition coefficient (Wildman–Crippen LogP) is 4.12. The molecule has 0 spiro atoms. The maximum absolute atomic E-state index is 12.3. The molecule has 0 heterocycles. The van der Waals surface area contributed by atoms with Gasteiger partial charge >= 0.3 is 5.97 Å². The smallest absolute Gasteiger partial charge is 0.305 e. The number of aliphatic hydroxyl groups is 2. The van der Waals surface area contributed by atoms with Gasteiger partial charge in [0.2, 0.25) is 0 Å². The number of rotatable bonds is 13. The molecule has 2 aliphatic rings. The molecule has 0 amide bonds. The maximum Gasteiger partial charge on any atom is 0.305 e. The highest BCUT2D eigenvalue weighted by Gasteiger charge is 2.43.